The van der Waals surface area contributed by atoms with E-state index in [0.717, 1.165) is 80.6 Å². The molecule has 3 saturated carbocycles. The Morgan fingerprint density at radius 3 is 2.49 bits per heavy atom. The van der Waals surface area contributed by atoms with Gasteiger partial charge in [-0.25, -0.2) is 4.98 Å². The summed E-state index contributed by atoms with van der Waals surface area (Å²) >= 11 is 0. The van der Waals surface area contributed by atoms with E-state index in [0.29, 0.717) is 17.9 Å². The van der Waals surface area contributed by atoms with Gasteiger partial charge in [0.1, 0.15) is 11.6 Å². The first-order valence-corrected chi connectivity index (χ1v) is 15.1. The Morgan fingerprint density at radius 2 is 1.77 bits per heavy atom. The maximum Gasteiger partial charge on any atom is 0.231 e. The zero-order chi connectivity index (χ0) is 26.8. The lowest BCUT2D eigenvalue weighted by Gasteiger charge is -2.35. The molecule has 0 N–H and O–H groups in total. The fraction of sp³-hybridized carbons (Fsp3) is 0.545. The van der Waals surface area contributed by atoms with Gasteiger partial charge in [0.05, 0.1) is 19.3 Å². The van der Waals surface area contributed by atoms with Crippen LogP contribution < -0.4 is 9.64 Å². The van der Waals surface area contributed by atoms with Crippen LogP contribution in [0.1, 0.15) is 93.7 Å². The van der Waals surface area contributed by atoms with Crippen LogP contribution in [-0.4, -0.2) is 34.3 Å². The summed E-state index contributed by atoms with van der Waals surface area (Å²) in [5.41, 5.74) is 4.82. The van der Waals surface area contributed by atoms with Crippen molar-refractivity contribution in [2.75, 3.05) is 18.6 Å². The number of carbonyl (C=O) groups excluding carboxylic acids is 1. The summed E-state index contributed by atoms with van der Waals surface area (Å²) in [6, 6.07) is 11.3. The third kappa shape index (κ3) is 5.90. The molecule has 1 amide bonds. The van der Waals surface area contributed by atoms with E-state index >= 15 is 0 Å². The molecule has 0 bridgehead atoms. The van der Waals surface area contributed by atoms with Gasteiger partial charge >= 0.3 is 0 Å². The summed E-state index contributed by atoms with van der Waals surface area (Å²) in [6.07, 6.45) is 18.6. The Balaban J connectivity index is 1.19. The predicted molar refractivity (Wildman–Crippen MR) is 155 cm³/mol. The molecule has 0 spiro atoms. The van der Waals surface area contributed by atoms with E-state index in [1.165, 1.54) is 30.4 Å². The van der Waals surface area contributed by atoms with Crippen molar-refractivity contribution in [1.29, 1.82) is 0 Å². The summed E-state index contributed by atoms with van der Waals surface area (Å²) in [5.74, 6) is 3.24. The van der Waals surface area contributed by atoms with E-state index < -0.39 is 0 Å². The largest absolute Gasteiger partial charge is 0.496 e. The number of carbonyl (C=O) groups is 1. The van der Waals surface area contributed by atoms with Gasteiger partial charge in [-0.3, -0.25) is 14.4 Å². The van der Waals surface area contributed by atoms with Crippen molar-refractivity contribution < 1.29 is 9.53 Å². The topological polar surface area (TPSA) is 60.2 Å². The zero-order valence-electron chi connectivity index (χ0n) is 23.5. The van der Waals surface area contributed by atoms with Crippen LogP contribution in [0, 0.1) is 18.8 Å². The molecule has 3 aliphatic rings. The number of hydrogen-bond donors (Lipinski definition) is 0. The van der Waals surface area contributed by atoms with Crippen LogP contribution in [0.2, 0.25) is 0 Å². The molecule has 206 valence electrons. The highest BCUT2D eigenvalue weighted by Gasteiger charge is 2.32. The average molecular weight is 527 g/mol. The Labute approximate surface area is 232 Å². The van der Waals surface area contributed by atoms with Gasteiger partial charge in [0.25, 0.3) is 0 Å². The Hall–Kier alpha value is -3.15. The first-order chi connectivity index (χ1) is 19.1. The molecule has 0 saturated heterocycles. The lowest BCUT2D eigenvalue weighted by atomic mass is 9.78. The molecule has 0 radical (unpaired) electrons. The summed E-state index contributed by atoms with van der Waals surface area (Å²) in [4.78, 5) is 20.8. The molecule has 2 heterocycles. The number of aryl methyl sites for hydroxylation is 1. The first-order valence-electron chi connectivity index (χ1n) is 15.1. The van der Waals surface area contributed by atoms with Crippen LogP contribution >= 0.6 is 0 Å². The highest BCUT2D eigenvalue weighted by molar-refractivity contribution is 5.94. The van der Waals surface area contributed by atoms with Gasteiger partial charge < -0.3 is 4.74 Å². The molecule has 3 fully saturated rings. The van der Waals surface area contributed by atoms with Gasteiger partial charge in [0.15, 0.2) is 0 Å². The summed E-state index contributed by atoms with van der Waals surface area (Å²) in [5, 5.41) is 4.59. The van der Waals surface area contributed by atoms with Crippen LogP contribution in [0.25, 0.3) is 11.1 Å². The Bertz CT molecular complexity index is 1280. The number of aromatic nitrogens is 3. The third-order valence-electron chi connectivity index (χ3n) is 9.28. The molecule has 6 rings (SSSR count). The molecule has 3 aromatic rings. The highest BCUT2D eigenvalue weighted by Crippen LogP contribution is 2.39. The van der Waals surface area contributed by atoms with Gasteiger partial charge in [0.2, 0.25) is 5.91 Å². The number of methoxy groups -OCH3 is 1. The lowest BCUT2D eigenvalue weighted by Crippen LogP contribution is -2.41. The number of nitrogens with zero attached hydrogens (tertiary/aromatic N) is 4. The second kappa shape index (κ2) is 11.5. The van der Waals surface area contributed by atoms with E-state index in [9.17, 15) is 4.79 Å². The van der Waals surface area contributed by atoms with Crippen molar-refractivity contribution in [2.45, 2.75) is 89.5 Å². The van der Waals surface area contributed by atoms with E-state index in [-0.39, 0.29) is 11.8 Å². The molecule has 0 aliphatic heterocycles. The van der Waals surface area contributed by atoms with Crippen LogP contribution in [0.5, 0.6) is 5.75 Å². The minimum Gasteiger partial charge on any atom is -0.496 e. The quantitative estimate of drug-likeness (QED) is 0.305. The number of amides is 1. The smallest absolute Gasteiger partial charge is 0.231 e. The van der Waals surface area contributed by atoms with Gasteiger partial charge in [-0.2, -0.15) is 5.10 Å². The monoisotopic (exact) mass is 526 g/mol. The van der Waals surface area contributed by atoms with Gasteiger partial charge in [-0.1, -0.05) is 31.4 Å². The summed E-state index contributed by atoms with van der Waals surface area (Å²) in [7, 11) is 1.74. The second-order valence-electron chi connectivity index (χ2n) is 12.1. The summed E-state index contributed by atoms with van der Waals surface area (Å²) < 4.78 is 7.55. The fourth-order valence-electron chi connectivity index (χ4n) is 6.73. The molecule has 0 unspecified atom stereocenters. The predicted octanol–water partition coefficient (Wildman–Crippen LogP) is 7.48. The molecular formula is C33H42N4O2. The van der Waals surface area contributed by atoms with E-state index in [4.69, 9.17) is 9.72 Å². The molecular weight excluding hydrogens is 484 g/mol. The van der Waals surface area contributed by atoms with Crippen molar-refractivity contribution in [1.82, 2.24) is 14.8 Å². The number of pyridine rings is 1. The van der Waals surface area contributed by atoms with Crippen molar-refractivity contribution in [3.63, 3.8) is 0 Å². The van der Waals surface area contributed by atoms with Gasteiger partial charge in [-0.05, 0) is 105 Å². The number of rotatable bonds is 8. The minimum absolute atomic E-state index is 0.125. The van der Waals surface area contributed by atoms with Gasteiger partial charge in [-0.15, -0.1) is 0 Å². The Kier molecular flexibility index (Phi) is 7.71. The molecule has 0 atom stereocenters. The van der Waals surface area contributed by atoms with Crippen molar-refractivity contribution in [2.24, 2.45) is 11.8 Å². The molecule has 3 aliphatic carbocycles. The number of ether oxygens (including phenoxy) is 1. The molecule has 6 nitrogen and oxygen atoms in total. The standard InChI is InChI=1S/C33H42N4O2/c1-23-18-27(12-15-31(23)39-2)25-10-8-24(9-11-25)21-36(33(38)26-6-4-3-5-7-26)32-19-28(16-17-34-32)29-20-35-37(22-29)30-13-14-30/h12,15-20,22,24-26,30H,3-11,13-14,21H2,1-2H3. The Morgan fingerprint density at radius 1 is 0.974 bits per heavy atom. The van der Waals surface area contributed by atoms with Crippen molar-refractivity contribution >= 4 is 11.7 Å². The molecule has 1 aromatic carbocycles. The molecule has 39 heavy (non-hydrogen) atoms. The molecule has 6 heteroatoms. The lowest BCUT2D eigenvalue weighted by molar-refractivity contribution is -0.123. The first kappa shape index (κ1) is 26.1. The minimum atomic E-state index is 0.125. The van der Waals surface area contributed by atoms with Crippen molar-refractivity contribution in [3.8, 4) is 16.9 Å². The maximum atomic E-state index is 14.0. The third-order valence-corrected chi connectivity index (χ3v) is 9.28. The highest BCUT2D eigenvalue weighted by atomic mass is 16.5. The van der Waals surface area contributed by atoms with Gasteiger partial charge in [0, 0.05) is 30.4 Å². The zero-order valence-corrected chi connectivity index (χ0v) is 23.5. The fourth-order valence-corrected chi connectivity index (χ4v) is 6.73. The van der Waals surface area contributed by atoms with E-state index in [2.05, 4.69) is 47.2 Å². The van der Waals surface area contributed by atoms with E-state index in [1.807, 2.05) is 23.4 Å². The normalized spacial score (nSPS) is 22.0. The van der Waals surface area contributed by atoms with Crippen LogP contribution in [-0.2, 0) is 4.79 Å². The summed E-state index contributed by atoms with van der Waals surface area (Å²) in [6.45, 7) is 2.89. The SMILES string of the molecule is COc1ccc(C2CCC(CN(C(=O)C3CCCCC3)c3cc(-c4cnn(C5CC5)c4)ccn3)CC2)cc1C. The van der Waals surface area contributed by atoms with E-state index in [1.54, 1.807) is 7.11 Å². The second-order valence-corrected chi connectivity index (χ2v) is 12.1. The average Bonchev–Trinajstić information content (AvgIpc) is 3.72. The maximum absolute atomic E-state index is 14.0. The van der Waals surface area contributed by atoms with Crippen LogP contribution in [0.15, 0.2) is 48.9 Å². The number of benzene rings is 1. The molecule has 2 aromatic heterocycles. The number of hydrogen-bond acceptors (Lipinski definition) is 4. The van der Waals surface area contributed by atoms with Crippen LogP contribution in [0.4, 0.5) is 5.82 Å². The number of anilines is 1. The van der Waals surface area contributed by atoms with Crippen molar-refractivity contribution in [3.05, 3.63) is 60.0 Å². The van der Waals surface area contributed by atoms with Crippen LogP contribution in [0.3, 0.4) is 0 Å².